The van der Waals surface area contributed by atoms with Crippen molar-refractivity contribution in [3.05, 3.63) is 119 Å². The zero-order chi connectivity index (χ0) is 21.0. The Morgan fingerprint density at radius 3 is 1.94 bits per heavy atom. The summed E-state index contributed by atoms with van der Waals surface area (Å²) in [5, 5.41) is 0. The van der Waals surface area contributed by atoms with E-state index in [1.165, 1.54) is 22.6 Å². The van der Waals surface area contributed by atoms with Crippen LogP contribution in [0.4, 0.5) is 22.7 Å². The summed E-state index contributed by atoms with van der Waals surface area (Å²) >= 11 is 3.50. The molecule has 0 amide bonds. The summed E-state index contributed by atoms with van der Waals surface area (Å²) in [6.07, 6.45) is 0. The van der Waals surface area contributed by atoms with Crippen LogP contribution >= 0.6 is 15.9 Å². The molecule has 31 heavy (non-hydrogen) atoms. The molecule has 0 spiro atoms. The van der Waals surface area contributed by atoms with E-state index in [0.717, 1.165) is 29.1 Å². The molecule has 4 heteroatoms. The van der Waals surface area contributed by atoms with Crippen molar-refractivity contribution in [3.63, 3.8) is 0 Å². The van der Waals surface area contributed by atoms with Crippen LogP contribution < -0.4 is 9.80 Å². The number of hydrogen-bond donors (Lipinski definition) is 0. The predicted molar refractivity (Wildman–Crippen MR) is 134 cm³/mol. The van der Waals surface area contributed by atoms with E-state index in [2.05, 4.69) is 111 Å². The second-order valence-corrected chi connectivity index (χ2v) is 8.41. The molecule has 0 unspecified atom stereocenters. The van der Waals surface area contributed by atoms with Crippen LogP contribution in [-0.4, -0.2) is 18.9 Å². The van der Waals surface area contributed by atoms with Gasteiger partial charge in [-0.25, -0.2) is 0 Å². The van der Waals surface area contributed by atoms with Gasteiger partial charge >= 0.3 is 0 Å². The largest absolute Gasteiger partial charge is 0.347 e. The van der Waals surface area contributed by atoms with Crippen molar-refractivity contribution in [1.82, 2.24) is 0 Å². The fraction of sp³-hybridized carbons (Fsp3) is 0.0741. The van der Waals surface area contributed by atoms with E-state index in [4.69, 9.17) is 4.99 Å². The fourth-order valence-electron chi connectivity index (χ4n) is 3.94. The Labute approximate surface area is 191 Å². The SMILES string of the molecule is Brc1ccc(N=C2CN(CN(c3ccccc3)c3ccccc3)c3ccccc32)cc1. The van der Waals surface area contributed by atoms with Gasteiger partial charge in [-0.3, -0.25) is 4.99 Å². The van der Waals surface area contributed by atoms with Gasteiger partial charge in [-0.05, 0) is 54.6 Å². The molecule has 152 valence electrons. The molecule has 0 saturated heterocycles. The average Bonchev–Trinajstić information content (AvgIpc) is 3.17. The van der Waals surface area contributed by atoms with E-state index in [1.807, 2.05) is 24.3 Å². The molecule has 3 nitrogen and oxygen atoms in total. The first-order chi connectivity index (χ1) is 15.3. The lowest BCUT2D eigenvalue weighted by molar-refractivity contribution is 0.872. The van der Waals surface area contributed by atoms with Crippen molar-refractivity contribution in [3.8, 4) is 0 Å². The number of aliphatic imine (C=N–C) groups is 1. The highest BCUT2D eigenvalue weighted by atomic mass is 79.9. The van der Waals surface area contributed by atoms with E-state index in [0.29, 0.717) is 0 Å². The highest BCUT2D eigenvalue weighted by molar-refractivity contribution is 9.10. The number of para-hydroxylation sites is 3. The normalized spacial score (nSPS) is 14.0. The molecule has 4 aromatic carbocycles. The lowest BCUT2D eigenvalue weighted by Gasteiger charge is -2.31. The van der Waals surface area contributed by atoms with Crippen molar-refractivity contribution < 1.29 is 0 Å². The van der Waals surface area contributed by atoms with Gasteiger partial charge in [-0.1, -0.05) is 70.5 Å². The van der Waals surface area contributed by atoms with E-state index in [9.17, 15) is 0 Å². The molecule has 0 radical (unpaired) electrons. The molecule has 4 aromatic rings. The molecule has 0 bridgehead atoms. The maximum Gasteiger partial charge on any atom is 0.0956 e. The third kappa shape index (κ3) is 4.25. The van der Waals surface area contributed by atoms with Crippen LogP contribution in [0, 0.1) is 0 Å². The zero-order valence-electron chi connectivity index (χ0n) is 17.0. The Morgan fingerprint density at radius 2 is 1.29 bits per heavy atom. The molecule has 0 aromatic heterocycles. The van der Waals surface area contributed by atoms with E-state index < -0.39 is 0 Å². The van der Waals surface area contributed by atoms with E-state index in [1.54, 1.807) is 0 Å². The van der Waals surface area contributed by atoms with E-state index >= 15 is 0 Å². The van der Waals surface area contributed by atoms with E-state index in [-0.39, 0.29) is 0 Å². The Kier molecular flexibility index (Phi) is 5.55. The van der Waals surface area contributed by atoms with Gasteiger partial charge in [0.25, 0.3) is 0 Å². The summed E-state index contributed by atoms with van der Waals surface area (Å²) in [4.78, 5) is 9.72. The Hall–Kier alpha value is -3.37. The van der Waals surface area contributed by atoms with Gasteiger partial charge in [0, 0.05) is 27.1 Å². The first-order valence-electron chi connectivity index (χ1n) is 10.3. The van der Waals surface area contributed by atoms with Gasteiger partial charge in [0.15, 0.2) is 0 Å². The summed E-state index contributed by atoms with van der Waals surface area (Å²) < 4.78 is 1.06. The minimum absolute atomic E-state index is 0.740. The monoisotopic (exact) mass is 467 g/mol. The lowest BCUT2D eigenvalue weighted by Crippen LogP contribution is -2.35. The van der Waals surface area contributed by atoms with Crippen LogP contribution in [0.1, 0.15) is 5.56 Å². The molecule has 0 N–H and O–H groups in total. The third-order valence-corrected chi connectivity index (χ3v) is 5.96. The standard InChI is InChI=1S/C27H22BrN3/c28-21-15-17-22(18-16-21)29-26-19-30(27-14-8-7-13-25(26)27)20-31(23-9-3-1-4-10-23)24-11-5-2-6-12-24/h1-18H,19-20H2. The number of benzene rings is 4. The third-order valence-electron chi connectivity index (χ3n) is 5.43. The molecular formula is C27H22BrN3. The van der Waals surface area contributed by atoms with Crippen LogP contribution in [0.15, 0.2) is 119 Å². The zero-order valence-corrected chi connectivity index (χ0v) is 18.6. The van der Waals surface area contributed by atoms with Crippen LogP contribution in [0.5, 0.6) is 0 Å². The Morgan fingerprint density at radius 1 is 0.710 bits per heavy atom. The Balaban J connectivity index is 1.50. The minimum Gasteiger partial charge on any atom is -0.347 e. The quantitative estimate of drug-likeness (QED) is 0.309. The van der Waals surface area contributed by atoms with Crippen LogP contribution in [-0.2, 0) is 0 Å². The predicted octanol–water partition coefficient (Wildman–Crippen LogP) is 7.19. The number of nitrogens with zero attached hydrogens (tertiary/aromatic N) is 3. The molecule has 0 aliphatic carbocycles. The topological polar surface area (TPSA) is 18.8 Å². The molecule has 1 heterocycles. The number of halogens is 1. The van der Waals surface area contributed by atoms with Gasteiger partial charge in [-0.2, -0.15) is 0 Å². The smallest absolute Gasteiger partial charge is 0.0956 e. The number of anilines is 3. The van der Waals surface area contributed by atoms with Gasteiger partial charge in [0.1, 0.15) is 0 Å². The highest BCUT2D eigenvalue weighted by Crippen LogP contribution is 2.33. The summed E-state index contributed by atoms with van der Waals surface area (Å²) in [6.45, 7) is 1.51. The maximum atomic E-state index is 4.98. The molecule has 0 fully saturated rings. The molecule has 5 rings (SSSR count). The van der Waals surface area contributed by atoms with Crippen molar-refractivity contribution in [2.45, 2.75) is 0 Å². The molecular weight excluding hydrogens is 446 g/mol. The summed E-state index contributed by atoms with van der Waals surface area (Å²) in [5.41, 5.74) is 6.83. The van der Waals surface area contributed by atoms with Gasteiger partial charge in [0.05, 0.1) is 24.6 Å². The van der Waals surface area contributed by atoms with Crippen LogP contribution in [0.2, 0.25) is 0 Å². The van der Waals surface area contributed by atoms with Crippen molar-refractivity contribution in [1.29, 1.82) is 0 Å². The number of fused-ring (bicyclic) bond motifs is 1. The van der Waals surface area contributed by atoms with Crippen LogP contribution in [0.3, 0.4) is 0 Å². The summed E-state index contributed by atoms with van der Waals surface area (Å²) in [6, 6.07) is 37.8. The Bertz CT molecular complexity index is 1150. The maximum absolute atomic E-state index is 4.98. The van der Waals surface area contributed by atoms with Gasteiger partial charge < -0.3 is 9.80 Å². The summed E-state index contributed by atoms with van der Waals surface area (Å²) in [7, 11) is 0. The molecule has 0 atom stereocenters. The van der Waals surface area contributed by atoms with Crippen molar-refractivity contribution in [2.24, 2.45) is 4.99 Å². The molecule has 1 aliphatic heterocycles. The van der Waals surface area contributed by atoms with Gasteiger partial charge in [-0.15, -0.1) is 0 Å². The molecule has 1 aliphatic rings. The summed E-state index contributed by atoms with van der Waals surface area (Å²) in [5.74, 6) is 0. The first kappa shape index (κ1) is 19.6. The van der Waals surface area contributed by atoms with Gasteiger partial charge in [0.2, 0.25) is 0 Å². The number of hydrogen-bond acceptors (Lipinski definition) is 3. The highest BCUT2D eigenvalue weighted by Gasteiger charge is 2.26. The average molecular weight is 468 g/mol. The molecule has 0 saturated carbocycles. The number of rotatable bonds is 5. The second-order valence-electron chi connectivity index (χ2n) is 7.49. The minimum atomic E-state index is 0.740. The van der Waals surface area contributed by atoms with Crippen molar-refractivity contribution >= 4 is 44.4 Å². The first-order valence-corrected chi connectivity index (χ1v) is 11.1. The second kappa shape index (κ2) is 8.78. The lowest BCUT2D eigenvalue weighted by atomic mass is 10.1. The fourth-order valence-corrected chi connectivity index (χ4v) is 4.20. The van der Waals surface area contributed by atoms with Crippen molar-refractivity contribution in [2.75, 3.05) is 23.0 Å². The van der Waals surface area contributed by atoms with Crippen LogP contribution in [0.25, 0.3) is 0 Å².